The van der Waals surface area contributed by atoms with Gasteiger partial charge in [0.05, 0.1) is 16.1 Å². The van der Waals surface area contributed by atoms with Crippen LogP contribution in [0.4, 0.5) is 14.5 Å². The molecule has 0 radical (unpaired) electrons. The minimum Gasteiger partial charge on any atom is -0.478 e. The third-order valence-electron chi connectivity index (χ3n) is 2.85. The summed E-state index contributed by atoms with van der Waals surface area (Å²) in [6.45, 7) is 1.65. The molecule has 0 atom stereocenters. The van der Waals surface area contributed by atoms with E-state index in [0.29, 0.717) is 17.7 Å². The lowest BCUT2D eigenvalue weighted by molar-refractivity contribution is 0.0698. The third kappa shape index (κ3) is 3.22. The van der Waals surface area contributed by atoms with Gasteiger partial charge in [0.25, 0.3) is 10.0 Å². The van der Waals surface area contributed by atoms with Gasteiger partial charge < -0.3 is 5.11 Å². The maximum absolute atomic E-state index is 13.1. The number of halogens is 2. The maximum atomic E-state index is 13.1. The molecule has 22 heavy (non-hydrogen) atoms. The number of sulfonamides is 1. The van der Waals surface area contributed by atoms with Crippen LogP contribution in [0.3, 0.4) is 0 Å². The summed E-state index contributed by atoms with van der Waals surface area (Å²) in [6.07, 6.45) is 0. The summed E-state index contributed by atoms with van der Waals surface area (Å²) in [4.78, 5) is 10.6. The number of carboxylic acids is 1. The summed E-state index contributed by atoms with van der Waals surface area (Å²) in [5.41, 5.74) is 0.224. The first kappa shape index (κ1) is 15.9. The van der Waals surface area contributed by atoms with Crippen LogP contribution in [-0.4, -0.2) is 19.5 Å². The van der Waals surface area contributed by atoms with Gasteiger partial charge in [0, 0.05) is 0 Å². The fraction of sp³-hybridized carbons (Fsp3) is 0.0714. The molecule has 2 aromatic rings. The van der Waals surface area contributed by atoms with Crippen molar-refractivity contribution in [2.45, 2.75) is 11.8 Å². The highest BCUT2D eigenvalue weighted by molar-refractivity contribution is 7.92. The molecule has 0 amide bonds. The molecule has 0 fully saturated rings. The van der Waals surface area contributed by atoms with E-state index in [0.717, 1.165) is 6.07 Å². The number of anilines is 1. The van der Waals surface area contributed by atoms with Crippen LogP contribution in [0.5, 0.6) is 0 Å². The molecule has 5 nitrogen and oxygen atoms in total. The molecule has 0 spiro atoms. The molecule has 2 N–H and O–H groups in total. The lowest BCUT2D eigenvalue weighted by atomic mass is 10.1. The van der Waals surface area contributed by atoms with E-state index in [1.165, 1.54) is 18.2 Å². The molecule has 0 aliphatic heterocycles. The molecule has 0 aliphatic rings. The topological polar surface area (TPSA) is 83.5 Å². The molecule has 0 bridgehead atoms. The van der Waals surface area contributed by atoms with Crippen LogP contribution < -0.4 is 4.72 Å². The van der Waals surface area contributed by atoms with Crippen molar-refractivity contribution >= 4 is 21.7 Å². The van der Waals surface area contributed by atoms with Crippen LogP contribution in [0.15, 0.2) is 41.3 Å². The molecule has 0 heterocycles. The number of carbonyl (C=O) groups is 1. The predicted octanol–water partition coefficient (Wildman–Crippen LogP) is 2.77. The Balaban J connectivity index is 2.45. The number of hydrogen-bond acceptors (Lipinski definition) is 3. The molecular formula is C14H11F2NO4S. The predicted molar refractivity (Wildman–Crippen MR) is 75.3 cm³/mol. The molecule has 0 aromatic heterocycles. The van der Waals surface area contributed by atoms with Gasteiger partial charge in [-0.05, 0) is 37.3 Å². The first-order chi connectivity index (χ1) is 10.2. The minimum atomic E-state index is -4.24. The minimum absolute atomic E-state index is 0.164. The first-order valence-corrected chi connectivity index (χ1v) is 7.51. The van der Waals surface area contributed by atoms with Gasteiger partial charge in [-0.25, -0.2) is 22.0 Å². The largest absolute Gasteiger partial charge is 0.478 e. The number of rotatable bonds is 4. The van der Waals surface area contributed by atoms with Gasteiger partial charge >= 0.3 is 5.97 Å². The molecule has 0 aliphatic carbocycles. The molecule has 0 saturated carbocycles. The zero-order valence-corrected chi connectivity index (χ0v) is 12.1. The van der Waals surface area contributed by atoms with Crippen molar-refractivity contribution in [1.29, 1.82) is 0 Å². The quantitative estimate of drug-likeness (QED) is 0.904. The van der Waals surface area contributed by atoms with Crippen molar-refractivity contribution in [3.8, 4) is 0 Å². The fourth-order valence-electron chi connectivity index (χ4n) is 1.77. The lowest BCUT2D eigenvalue weighted by Gasteiger charge is -2.11. The molecule has 2 rings (SSSR count). The van der Waals surface area contributed by atoms with Gasteiger partial charge in [-0.15, -0.1) is 0 Å². The molecular weight excluding hydrogens is 316 g/mol. The summed E-state index contributed by atoms with van der Waals surface area (Å²) in [5, 5.41) is 9.09. The number of hydrogen-bond donors (Lipinski definition) is 2. The zero-order chi connectivity index (χ0) is 16.5. The van der Waals surface area contributed by atoms with Crippen molar-refractivity contribution in [1.82, 2.24) is 0 Å². The standard InChI is InChI=1S/C14H11F2NO4S/c1-8-2-5-13(10(6-8)14(18)19)17-22(20,21)9-3-4-11(15)12(16)7-9/h2-7,17H,1H3,(H,18,19). The second-order valence-corrected chi connectivity index (χ2v) is 6.22. The highest BCUT2D eigenvalue weighted by Gasteiger charge is 2.20. The van der Waals surface area contributed by atoms with Crippen molar-refractivity contribution in [2.24, 2.45) is 0 Å². The number of carboxylic acid groups (broad SMARTS) is 1. The van der Waals surface area contributed by atoms with Crippen LogP contribution in [-0.2, 0) is 10.0 Å². The van der Waals surface area contributed by atoms with E-state index in [-0.39, 0.29) is 11.3 Å². The first-order valence-electron chi connectivity index (χ1n) is 6.02. The average Bonchev–Trinajstić information content (AvgIpc) is 2.43. The Morgan fingerprint density at radius 1 is 1.09 bits per heavy atom. The van der Waals surface area contributed by atoms with Gasteiger partial charge in [-0.2, -0.15) is 0 Å². The van der Waals surface area contributed by atoms with Gasteiger partial charge in [0.15, 0.2) is 11.6 Å². The van der Waals surface area contributed by atoms with Crippen LogP contribution >= 0.6 is 0 Å². The SMILES string of the molecule is Cc1ccc(NS(=O)(=O)c2ccc(F)c(F)c2)c(C(=O)O)c1. The summed E-state index contributed by atoms with van der Waals surface area (Å²) >= 11 is 0. The smallest absolute Gasteiger partial charge is 0.337 e. The van der Waals surface area contributed by atoms with Crippen LogP contribution in [0.1, 0.15) is 15.9 Å². The summed E-state index contributed by atoms with van der Waals surface area (Å²) < 4.78 is 52.3. The highest BCUT2D eigenvalue weighted by atomic mass is 32.2. The van der Waals surface area contributed by atoms with Crippen molar-refractivity contribution in [2.75, 3.05) is 4.72 Å². The van der Waals surface area contributed by atoms with E-state index >= 15 is 0 Å². The van der Waals surface area contributed by atoms with Gasteiger partial charge in [-0.1, -0.05) is 11.6 Å². The Morgan fingerprint density at radius 2 is 1.77 bits per heavy atom. The van der Waals surface area contributed by atoms with Crippen LogP contribution in [0, 0.1) is 18.6 Å². The molecule has 8 heteroatoms. The van der Waals surface area contributed by atoms with Gasteiger partial charge in [0.1, 0.15) is 0 Å². The van der Waals surface area contributed by atoms with E-state index in [2.05, 4.69) is 4.72 Å². The molecule has 0 saturated heterocycles. The van der Waals surface area contributed by atoms with E-state index in [1.807, 2.05) is 0 Å². The molecule has 2 aromatic carbocycles. The van der Waals surface area contributed by atoms with E-state index in [1.54, 1.807) is 6.92 Å². The van der Waals surface area contributed by atoms with E-state index in [4.69, 9.17) is 5.11 Å². The monoisotopic (exact) mass is 327 g/mol. The summed E-state index contributed by atoms with van der Waals surface area (Å²) in [5.74, 6) is -3.81. The summed E-state index contributed by atoms with van der Waals surface area (Å²) in [6, 6.07) is 6.19. The van der Waals surface area contributed by atoms with Crippen LogP contribution in [0.2, 0.25) is 0 Å². The molecule has 0 unspecified atom stereocenters. The van der Waals surface area contributed by atoms with E-state index < -0.39 is 32.5 Å². The van der Waals surface area contributed by atoms with Crippen molar-refractivity contribution < 1.29 is 27.1 Å². The Labute approximate surface area is 125 Å². The average molecular weight is 327 g/mol. The number of aromatic carboxylic acids is 1. The number of aryl methyl sites for hydroxylation is 1. The second kappa shape index (κ2) is 5.72. The zero-order valence-electron chi connectivity index (χ0n) is 11.3. The van der Waals surface area contributed by atoms with Crippen LogP contribution in [0.25, 0.3) is 0 Å². The summed E-state index contributed by atoms with van der Waals surface area (Å²) in [7, 11) is -4.24. The highest BCUT2D eigenvalue weighted by Crippen LogP contribution is 2.22. The number of nitrogens with one attached hydrogen (secondary N) is 1. The Kier molecular flexibility index (Phi) is 4.14. The van der Waals surface area contributed by atoms with Gasteiger partial charge in [-0.3, -0.25) is 4.72 Å². The fourth-order valence-corrected chi connectivity index (χ4v) is 2.86. The number of benzene rings is 2. The Hall–Kier alpha value is -2.48. The third-order valence-corrected chi connectivity index (χ3v) is 4.21. The van der Waals surface area contributed by atoms with Crippen molar-refractivity contribution in [3.63, 3.8) is 0 Å². The Bertz CT molecular complexity index is 850. The second-order valence-electron chi connectivity index (χ2n) is 4.54. The van der Waals surface area contributed by atoms with Gasteiger partial charge in [0.2, 0.25) is 0 Å². The molecule has 116 valence electrons. The normalized spacial score (nSPS) is 11.2. The maximum Gasteiger partial charge on any atom is 0.337 e. The Morgan fingerprint density at radius 3 is 2.36 bits per heavy atom. The van der Waals surface area contributed by atoms with Crippen molar-refractivity contribution in [3.05, 3.63) is 59.2 Å². The lowest BCUT2D eigenvalue weighted by Crippen LogP contribution is -2.16. The van der Waals surface area contributed by atoms with E-state index in [9.17, 15) is 22.0 Å².